The first-order chi connectivity index (χ1) is 10.6. The van der Waals surface area contributed by atoms with Crippen LogP contribution in [0.15, 0.2) is 28.8 Å². The van der Waals surface area contributed by atoms with Crippen LogP contribution < -0.4 is 5.32 Å². The second-order valence-electron chi connectivity index (χ2n) is 4.78. The van der Waals surface area contributed by atoms with Gasteiger partial charge in [0.2, 0.25) is 0 Å². The average molecular weight is 306 g/mol. The molecule has 0 aliphatic carbocycles. The molecule has 0 atom stereocenters. The van der Waals surface area contributed by atoms with Gasteiger partial charge in [0.1, 0.15) is 22.8 Å². The van der Waals surface area contributed by atoms with Crippen LogP contribution in [0, 0.1) is 12.7 Å². The molecule has 5 nitrogen and oxygen atoms in total. The molecule has 2 aromatic rings. The van der Waals surface area contributed by atoms with Gasteiger partial charge in [-0.05, 0) is 32.4 Å². The molecule has 6 heteroatoms. The highest BCUT2D eigenvalue weighted by molar-refractivity contribution is 6.00. The summed E-state index contributed by atoms with van der Waals surface area (Å²) >= 11 is 0. The first-order valence-electron chi connectivity index (χ1n) is 7.21. The summed E-state index contributed by atoms with van der Waals surface area (Å²) in [6, 6.07) is 5.91. The van der Waals surface area contributed by atoms with Crippen molar-refractivity contribution in [1.29, 1.82) is 0 Å². The van der Waals surface area contributed by atoms with Crippen LogP contribution in [0.3, 0.4) is 0 Å². The first kappa shape index (κ1) is 16.2. The minimum Gasteiger partial charge on any atom is -0.382 e. The lowest BCUT2D eigenvalue weighted by Crippen LogP contribution is -2.26. The SMILES string of the molecule is CCOCCCNC(=O)c1c(-c2cccc(F)c2)noc1C. The minimum absolute atomic E-state index is 0.283. The number of benzene rings is 1. The van der Waals surface area contributed by atoms with Gasteiger partial charge in [-0.15, -0.1) is 0 Å². The van der Waals surface area contributed by atoms with Gasteiger partial charge >= 0.3 is 0 Å². The molecular formula is C16H19FN2O3. The Labute approximate surface area is 128 Å². The van der Waals surface area contributed by atoms with Crippen molar-refractivity contribution in [2.45, 2.75) is 20.3 Å². The molecule has 1 N–H and O–H groups in total. The molecule has 0 fully saturated rings. The van der Waals surface area contributed by atoms with Gasteiger partial charge in [0.25, 0.3) is 5.91 Å². The summed E-state index contributed by atoms with van der Waals surface area (Å²) in [4.78, 5) is 12.3. The van der Waals surface area contributed by atoms with Crippen LogP contribution in [0.25, 0.3) is 11.3 Å². The van der Waals surface area contributed by atoms with Crippen molar-refractivity contribution in [1.82, 2.24) is 10.5 Å². The van der Waals surface area contributed by atoms with Crippen molar-refractivity contribution < 1.29 is 18.4 Å². The number of nitrogens with one attached hydrogen (secondary N) is 1. The van der Waals surface area contributed by atoms with E-state index in [9.17, 15) is 9.18 Å². The van der Waals surface area contributed by atoms with Crippen molar-refractivity contribution in [3.05, 3.63) is 41.4 Å². The second-order valence-corrected chi connectivity index (χ2v) is 4.78. The van der Waals surface area contributed by atoms with Crippen molar-refractivity contribution >= 4 is 5.91 Å². The number of halogens is 1. The van der Waals surface area contributed by atoms with Gasteiger partial charge in [0.05, 0.1) is 0 Å². The molecule has 0 bridgehead atoms. The maximum absolute atomic E-state index is 13.3. The highest BCUT2D eigenvalue weighted by Crippen LogP contribution is 2.25. The Balaban J connectivity index is 2.10. The van der Waals surface area contributed by atoms with E-state index in [0.717, 1.165) is 6.42 Å². The van der Waals surface area contributed by atoms with Gasteiger partial charge < -0.3 is 14.6 Å². The normalized spacial score (nSPS) is 10.7. The van der Waals surface area contributed by atoms with Gasteiger partial charge in [-0.3, -0.25) is 4.79 Å². The standard InChI is InChI=1S/C16H19FN2O3/c1-3-21-9-5-8-18-16(20)14-11(2)22-19-15(14)12-6-4-7-13(17)10-12/h4,6-7,10H,3,5,8-9H2,1-2H3,(H,18,20). The molecule has 0 aliphatic heterocycles. The number of hydrogen-bond acceptors (Lipinski definition) is 4. The van der Waals surface area contributed by atoms with Crippen molar-refractivity contribution in [3.8, 4) is 11.3 Å². The van der Waals surface area contributed by atoms with Gasteiger partial charge in [-0.1, -0.05) is 17.3 Å². The molecule has 118 valence electrons. The summed E-state index contributed by atoms with van der Waals surface area (Å²) in [6.45, 7) is 5.32. The fraction of sp³-hybridized carbons (Fsp3) is 0.375. The number of amides is 1. The summed E-state index contributed by atoms with van der Waals surface area (Å²) in [7, 11) is 0. The van der Waals surface area contributed by atoms with E-state index in [-0.39, 0.29) is 11.7 Å². The summed E-state index contributed by atoms with van der Waals surface area (Å²) in [5.74, 6) is -0.266. The predicted octanol–water partition coefficient (Wildman–Crippen LogP) is 2.95. The lowest BCUT2D eigenvalue weighted by molar-refractivity contribution is 0.0943. The molecule has 0 saturated heterocycles. The molecule has 0 saturated carbocycles. The summed E-state index contributed by atoms with van der Waals surface area (Å²) in [5, 5.41) is 6.68. The Kier molecular flexibility index (Phi) is 5.66. The molecule has 0 unspecified atom stereocenters. The summed E-state index contributed by atoms with van der Waals surface area (Å²) in [6.07, 6.45) is 0.721. The molecule has 0 aliphatic rings. The number of aromatic nitrogens is 1. The molecule has 0 spiro atoms. The Morgan fingerprint density at radius 2 is 2.27 bits per heavy atom. The van der Waals surface area contributed by atoms with E-state index in [4.69, 9.17) is 9.26 Å². The van der Waals surface area contributed by atoms with Crippen molar-refractivity contribution in [2.75, 3.05) is 19.8 Å². The third kappa shape index (κ3) is 3.92. The number of nitrogens with zero attached hydrogens (tertiary/aromatic N) is 1. The van der Waals surface area contributed by atoms with E-state index in [1.807, 2.05) is 6.92 Å². The predicted molar refractivity (Wildman–Crippen MR) is 80.1 cm³/mol. The number of aryl methyl sites for hydroxylation is 1. The van der Waals surface area contributed by atoms with Crippen molar-refractivity contribution in [3.63, 3.8) is 0 Å². The third-order valence-electron chi connectivity index (χ3n) is 3.14. The lowest BCUT2D eigenvalue weighted by atomic mass is 10.1. The monoisotopic (exact) mass is 306 g/mol. The van der Waals surface area contributed by atoms with E-state index in [1.54, 1.807) is 19.1 Å². The Morgan fingerprint density at radius 3 is 3.00 bits per heavy atom. The molecule has 22 heavy (non-hydrogen) atoms. The number of rotatable bonds is 7. The van der Waals surface area contributed by atoms with E-state index < -0.39 is 0 Å². The van der Waals surface area contributed by atoms with E-state index in [0.29, 0.717) is 42.3 Å². The number of ether oxygens (including phenoxy) is 1. The summed E-state index contributed by atoms with van der Waals surface area (Å²) < 4.78 is 23.7. The van der Waals surface area contributed by atoms with Gasteiger partial charge in [0.15, 0.2) is 0 Å². The molecule has 1 aromatic carbocycles. The number of carbonyl (C=O) groups excluding carboxylic acids is 1. The molecule has 1 heterocycles. The maximum atomic E-state index is 13.3. The van der Waals surface area contributed by atoms with Crippen LogP contribution in [0.1, 0.15) is 29.5 Å². The zero-order valence-corrected chi connectivity index (χ0v) is 12.7. The number of carbonyl (C=O) groups is 1. The van der Waals surface area contributed by atoms with Gasteiger partial charge in [0, 0.05) is 25.3 Å². The smallest absolute Gasteiger partial charge is 0.257 e. The topological polar surface area (TPSA) is 64.4 Å². The third-order valence-corrected chi connectivity index (χ3v) is 3.14. The Bertz CT molecular complexity index is 640. The van der Waals surface area contributed by atoms with Crippen LogP contribution in [-0.4, -0.2) is 30.8 Å². The van der Waals surface area contributed by atoms with E-state index in [2.05, 4.69) is 10.5 Å². The molecule has 2 rings (SSSR count). The van der Waals surface area contributed by atoms with E-state index >= 15 is 0 Å². The average Bonchev–Trinajstić information content (AvgIpc) is 2.89. The maximum Gasteiger partial charge on any atom is 0.257 e. The van der Waals surface area contributed by atoms with Gasteiger partial charge in [-0.25, -0.2) is 4.39 Å². The van der Waals surface area contributed by atoms with E-state index in [1.165, 1.54) is 12.1 Å². The van der Waals surface area contributed by atoms with Crippen LogP contribution in [0.2, 0.25) is 0 Å². The fourth-order valence-corrected chi connectivity index (χ4v) is 2.08. The molecule has 1 aromatic heterocycles. The highest BCUT2D eigenvalue weighted by Gasteiger charge is 2.21. The first-order valence-corrected chi connectivity index (χ1v) is 7.21. The molecular weight excluding hydrogens is 287 g/mol. The number of hydrogen-bond donors (Lipinski definition) is 1. The van der Waals surface area contributed by atoms with Gasteiger partial charge in [-0.2, -0.15) is 0 Å². The molecule has 0 radical (unpaired) electrons. The minimum atomic E-state index is -0.388. The quantitative estimate of drug-likeness (QED) is 0.799. The zero-order chi connectivity index (χ0) is 15.9. The van der Waals surface area contributed by atoms with Crippen molar-refractivity contribution in [2.24, 2.45) is 0 Å². The summed E-state index contributed by atoms with van der Waals surface area (Å²) in [5.41, 5.74) is 1.19. The second kappa shape index (κ2) is 7.70. The fourth-order valence-electron chi connectivity index (χ4n) is 2.08. The van der Waals surface area contributed by atoms with Crippen LogP contribution in [0.4, 0.5) is 4.39 Å². The Hall–Kier alpha value is -2.21. The van der Waals surface area contributed by atoms with Crippen LogP contribution >= 0.6 is 0 Å². The zero-order valence-electron chi connectivity index (χ0n) is 12.7. The largest absolute Gasteiger partial charge is 0.382 e. The van der Waals surface area contributed by atoms with Crippen LogP contribution in [-0.2, 0) is 4.74 Å². The lowest BCUT2D eigenvalue weighted by Gasteiger charge is -2.06. The van der Waals surface area contributed by atoms with Crippen LogP contribution in [0.5, 0.6) is 0 Å². The molecule has 1 amide bonds. The highest BCUT2D eigenvalue weighted by atomic mass is 19.1. The Morgan fingerprint density at radius 1 is 1.45 bits per heavy atom.